The number of halogens is 2. The minimum atomic E-state index is -3.78. The van der Waals surface area contributed by atoms with Crippen molar-refractivity contribution in [2.24, 2.45) is 0 Å². The van der Waals surface area contributed by atoms with Crippen molar-refractivity contribution in [2.45, 2.75) is 37.5 Å². The van der Waals surface area contributed by atoms with E-state index in [-0.39, 0.29) is 9.92 Å². The molecule has 0 atom stereocenters. The summed E-state index contributed by atoms with van der Waals surface area (Å²) in [4.78, 5) is -0.359. The van der Waals surface area contributed by atoms with Crippen LogP contribution in [-0.2, 0) is 10.0 Å². The minimum Gasteiger partial charge on any atom is -0.211 e. The fourth-order valence-electron chi connectivity index (χ4n) is 1.53. The van der Waals surface area contributed by atoms with Crippen molar-refractivity contribution in [1.82, 2.24) is 4.72 Å². The van der Waals surface area contributed by atoms with Crippen LogP contribution in [0.25, 0.3) is 0 Å². The molecule has 102 valence electrons. The van der Waals surface area contributed by atoms with Crippen LogP contribution in [0.3, 0.4) is 0 Å². The number of hydrogen-bond acceptors (Lipinski definition) is 2. The SMILES string of the molecule is CCCCCCNS(=O)(=O)c1ccc(Cl)cc1F. The lowest BCUT2D eigenvalue weighted by Gasteiger charge is -2.07. The third-order valence-corrected chi connectivity index (χ3v) is 4.24. The molecule has 1 rings (SSSR count). The van der Waals surface area contributed by atoms with Crippen molar-refractivity contribution in [3.05, 3.63) is 29.0 Å². The van der Waals surface area contributed by atoms with Gasteiger partial charge < -0.3 is 0 Å². The zero-order valence-electron chi connectivity index (χ0n) is 10.2. The third-order valence-electron chi connectivity index (χ3n) is 2.51. The zero-order chi connectivity index (χ0) is 13.6. The summed E-state index contributed by atoms with van der Waals surface area (Å²) >= 11 is 5.57. The van der Waals surface area contributed by atoms with Gasteiger partial charge in [0.1, 0.15) is 10.7 Å². The first-order valence-corrected chi connectivity index (χ1v) is 7.78. The molecule has 0 amide bonds. The predicted octanol–water partition coefficient (Wildman–Crippen LogP) is 3.34. The molecule has 0 aliphatic carbocycles. The molecule has 0 radical (unpaired) electrons. The first-order chi connectivity index (χ1) is 8.47. The highest BCUT2D eigenvalue weighted by atomic mass is 35.5. The highest BCUT2D eigenvalue weighted by Crippen LogP contribution is 2.18. The molecule has 0 bridgehead atoms. The zero-order valence-corrected chi connectivity index (χ0v) is 11.8. The Hall–Kier alpha value is -0.650. The second-order valence-corrected chi connectivity index (χ2v) is 6.20. The smallest absolute Gasteiger partial charge is 0.211 e. The quantitative estimate of drug-likeness (QED) is 0.784. The lowest BCUT2D eigenvalue weighted by atomic mass is 10.2. The lowest BCUT2D eigenvalue weighted by Crippen LogP contribution is -2.25. The molecule has 1 N–H and O–H groups in total. The number of rotatable bonds is 7. The van der Waals surface area contributed by atoms with Gasteiger partial charge in [0.15, 0.2) is 0 Å². The van der Waals surface area contributed by atoms with E-state index in [4.69, 9.17) is 11.6 Å². The van der Waals surface area contributed by atoms with Gasteiger partial charge in [-0.1, -0.05) is 37.8 Å². The van der Waals surface area contributed by atoms with Crippen molar-refractivity contribution >= 4 is 21.6 Å². The predicted molar refractivity (Wildman–Crippen MR) is 70.7 cm³/mol. The summed E-state index contributed by atoms with van der Waals surface area (Å²) in [7, 11) is -3.78. The maximum absolute atomic E-state index is 13.5. The van der Waals surface area contributed by atoms with E-state index in [1.807, 2.05) is 0 Å². The van der Waals surface area contributed by atoms with Gasteiger partial charge in [0.05, 0.1) is 0 Å². The molecule has 0 saturated heterocycles. The largest absolute Gasteiger partial charge is 0.243 e. The Morgan fingerprint density at radius 1 is 1.28 bits per heavy atom. The topological polar surface area (TPSA) is 46.2 Å². The number of benzene rings is 1. The Labute approximate surface area is 112 Å². The van der Waals surface area contributed by atoms with E-state index in [1.165, 1.54) is 12.1 Å². The standard InChI is InChI=1S/C12H17ClFNO2S/c1-2-3-4-5-8-15-18(16,17)12-7-6-10(13)9-11(12)14/h6-7,9,15H,2-5,8H2,1H3. The Balaban J connectivity index is 2.63. The van der Waals surface area contributed by atoms with E-state index < -0.39 is 15.8 Å². The van der Waals surface area contributed by atoms with Crippen molar-refractivity contribution in [1.29, 1.82) is 0 Å². The van der Waals surface area contributed by atoms with Gasteiger partial charge in [0.2, 0.25) is 10.0 Å². The first kappa shape index (κ1) is 15.4. The summed E-state index contributed by atoms with van der Waals surface area (Å²) < 4.78 is 39.5. The van der Waals surface area contributed by atoms with E-state index in [0.717, 1.165) is 31.7 Å². The molecule has 0 aromatic heterocycles. The summed E-state index contributed by atoms with van der Waals surface area (Å²) in [5.41, 5.74) is 0. The van der Waals surface area contributed by atoms with Crippen molar-refractivity contribution in [3.8, 4) is 0 Å². The highest BCUT2D eigenvalue weighted by Gasteiger charge is 2.18. The molecule has 0 aliphatic heterocycles. The molecule has 0 heterocycles. The van der Waals surface area contributed by atoms with Crippen molar-refractivity contribution in [3.63, 3.8) is 0 Å². The van der Waals surface area contributed by atoms with Gasteiger partial charge in [-0.15, -0.1) is 0 Å². The van der Waals surface area contributed by atoms with E-state index >= 15 is 0 Å². The van der Waals surface area contributed by atoms with Crippen LogP contribution in [0.2, 0.25) is 5.02 Å². The Morgan fingerprint density at radius 3 is 2.61 bits per heavy atom. The molecule has 0 fully saturated rings. The fourth-order valence-corrected chi connectivity index (χ4v) is 2.82. The molecule has 0 saturated carbocycles. The van der Waals surface area contributed by atoms with Gasteiger partial charge in [-0.2, -0.15) is 0 Å². The van der Waals surface area contributed by atoms with Crippen molar-refractivity contribution in [2.75, 3.05) is 6.54 Å². The van der Waals surface area contributed by atoms with E-state index in [9.17, 15) is 12.8 Å². The minimum absolute atomic E-state index is 0.175. The Bertz CT molecular complexity index is 491. The number of unbranched alkanes of at least 4 members (excludes halogenated alkanes) is 3. The molecule has 0 unspecified atom stereocenters. The number of sulfonamides is 1. The molecular formula is C12H17ClFNO2S. The van der Waals surface area contributed by atoms with Gasteiger partial charge in [-0.25, -0.2) is 17.5 Å². The first-order valence-electron chi connectivity index (χ1n) is 5.92. The summed E-state index contributed by atoms with van der Waals surface area (Å²) in [6.45, 7) is 2.40. The Kier molecular flexibility index (Phi) is 6.05. The van der Waals surface area contributed by atoms with Crippen LogP contribution in [0.15, 0.2) is 23.1 Å². The second-order valence-electron chi connectivity index (χ2n) is 4.03. The number of nitrogens with one attached hydrogen (secondary N) is 1. The van der Waals surface area contributed by atoms with Gasteiger partial charge >= 0.3 is 0 Å². The average molecular weight is 294 g/mol. The van der Waals surface area contributed by atoms with Crippen LogP contribution in [0.4, 0.5) is 4.39 Å². The molecule has 0 spiro atoms. The Morgan fingerprint density at radius 2 is 2.00 bits per heavy atom. The molecule has 6 heteroatoms. The molecule has 18 heavy (non-hydrogen) atoms. The molecule has 3 nitrogen and oxygen atoms in total. The number of hydrogen-bond donors (Lipinski definition) is 1. The van der Waals surface area contributed by atoms with Crippen molar-refractivity contribution < 1.29 is 12.8 Å². The van der Waals surface area contributed by atoms with E-state index in [2.05, 4.69) is 11.6 Å². The molecule has 1 aromatic rings. The van der Waals surface area contributed by atoms with E-state index in [0.29, 0.717) is 6.54 Å². The van der Waals surface area contributed by atoms with Crippen LogP contribution < -0.4 is 4.72 Å². The maximum Gasteiger partial charge on any atom is 0.243 e. The highest BCUT2D eigenvalue weighted by molar-refractivity contribution is 7.89. The summed E-state index contributed by atoms with van der Waals surface area (Å²) in [5.74, 6) is -0.830. The third kappa shape index (κ3) is 4.55. The molecular weight excluding hydrogens is 277 g/mol. The van der Waals surface area contributed by atoms with E-state index in [1.54, 1.807) is 0 Å². The van der Waals surface area contributed by atoms with Crippen LogP contribution >= 0.6 is 11.6 Å². The summed E-state index contributed by atoms with van der Waals surface area (Å²) in [6, 6.07) is 3.52. The normalized spacial score (nSPS) is 11.7. The van der Waals surface area contributed by atoms with Crippen LogP contribution in [-0.4, -0.2) is 15.0 Å². The fraction of sp³-hybridized carbons (Fsp3) is 0.500. The maximum atomic E-state index is 13.5. The monoisotopic (exact) mass is 293 g/mol. The van der Waals surface area contributed by atoms with Gasteiger partial charge in [-0.05, 0) is 24.6 Å². The van der Waals surface area contributed by atoms with Gasteiger partial charge in [0.25, 0.3) is 0 Å². The van der Waals surface area contributed by atoms with Gasteiger partial charge in [0, 0.05) is 11.6 Å². The van der Waals surface area contributed by atoms with Crippen LogP contribution in [0.1, 0.15) is 32.6 Å². The summed E-state index contributed by atoms with van der Waals surface area (Å²) in [6.07, 6.45) is 3.86. The molecule has 1 aromatic carbocycles. The second kappa shape index (κ2) is 7.07. The lowest BCUT2D eigenvalue weighted by molar-refractivity contribution is 0.552. The van der Waals surface area contributed by atoms with Crippen LogP contribution in [0, 0.1) is 5.82 Å². The molecule has 0 aliphatic rings. The van der Waals surface area contributed by atoms with Crippen LogP contribution in [0.5, 0.6) is 0 Å². The average Bonchev–Trinajstić information content (AvgIpc) is 2.28. The summed E-state index contributed by atoms with van der Waals surface area (Å²) in [5, 5.41) is 0.175. The van der Waals surface area contributed by atoms with Gasteiger partial charge in [-0.3, -0.25) is 0 Å².